The Hall–Kier alpha value is -1.13. The summed E-state index contributed by atoms with van der Waals surface area (Å²) in [6, 6.07) is 8.36. The molecular weight excluding hydrogens is 264 g/mol. The SMILES string of the molecule is C=CC(=O)OCC1=CSC(c2ccccc2C)S1. The van der Waals surface area contributed by atoms with E-state index >= 15 is 0 Å². The van der Waals surface area contributed by atoms with Crippen molar-refractivity contribution in [2.45, 2.75) is 11.5 Å². The van der Waals surface area contributed by atoms with Gasteiger partial charge < -0.3 is 4.74 Å². The molecule has 94 valence electrons. The van der Waals surface area contributed by atoms with Crippen LogP contribution in [0.3, 0.4) is 0 Å². The van der Waals surface area contributed by atoms with Crippen LogP contribution in [-0.4, -0.2) is 12.6 Å². The van der Waals surface area contributed by atoms with E-state index in [4.69, 9.17) is 4.74 Å². The van der Waals surface area contributed by atoms with Gasteiger partial charge in [-0.2, -0.15) is 0 Å². The molecule has 4 heteroatoms. The number of thioether (sulfide) groups is 2. The van der Waals surface area contributed by atoms with Crippen molar-refractivity contribution >= 4 is 29.5 Å². The summed E-state index contributed by atoms with van der Waals surface area (Å²) >= 11 is 3.50. The van der Waals surface area contributed by atoms with Gasteiger partial charge in [0.2, 0.25) is 0 Å². The maximum atomic E-state index is 11.0. The van der Waals surface area contributed by atoms with E-state index in [1.807, 2.05) is 6.07 Å². The van der Waals surface area contributed by atoms with Crippen LogP contribution >= 0.6 is 23.5 Å². The predicted octanol–water partition coefficient (Wildman–Crippen LogP) is 4.04. The fourth-order valence-electron chi connectivity index (χ4n) is 1.59. The Morgan fingerprint density at radius 2 is 2.28 bits per heavy atom. The fraction of sp³-hybridized carbons (Fsp3) is 0.214. The minimum Gasteiger partial charge on any atom is -0.457 e. The molecule has 1 atom stereocenters. The van der Waals surface area contributed by atoms with Gasteiger partial charge in [0.05, 0.1) is 4.58 Å². The highest BCUT2D eigenvalue weighted by molar-refractivity contribution is 8.22. The van der Waals surface area contributed by atoms with Crippen molar-refractivity contribution in [2.24, 2.45) is 0 Å². The quantitative estimate of drug-likeness (QED) is 0.613. The van der Waals surface area contributed by atoms with Crippen molar-refractivity contribution in [3.8, 4) is 0 Å². The summed E-state index contributed by atoms with van der Waals surface area (Å²) in [5.74, 6) is -0.374. The van der Waals surface area contributed by atoms with E-state index in [0.29, 0.717) is 11.2 Å². The molecule has 0 spiro atoms. The Morgan fingerprint density at radius 1 is 1.50 bits per heavy atom. The van der Waals surface area contributed by atoms with Gasteiger partial charge in [-0.25, -0.2) is 4.79 Å². The lowest BCUT2D eigenvalue weighted by atomic mass is 10.1. The molecule has 1 aromatic rings. The van der Waals surface area contributed by atoms with E-state index in [0.717, 1.165) is 4.91 Å². The zero-order valence-corrected chi connectivity index (χ0v) is 11.7. The molecule has 0 aliphatic carbocycles. The molecule has 1 aliphatic rings. The predicted molar refractivity (Wildman–Crippen MR) is 78.3 cm³/mol. The van der Waals surface area contributed by atoms with Gasteiger partial charge >= 0.3 is 5.97 Å². The van der Waals surface area contributed by atoms with Crippen LogP contribution < -0.4 is 0 Å². The van der Waals surface area contributed by atoms with Gasteiger partial charge in [0.25, 0.3) is 0 Å². The average Bonchev–Trinajstić information content (AvgIpc) is 2.85. The molecule has 1 aliphatic heterocycles. The van der Waals surface area contributed by atoms with Crippen LogP contribution in [0, 0.1) is 6.92 Å². The molecule has 0 saturated heterocycles. The van der Waals surface area contributed by atoms with E-state index in [2.05, 4.69) is 37.1 Å². The Morgan fingerprint density at radius 3 is 3.00 bits per heavy atom. The topological polar surface area (TPSA) is 26.3 Å². The number of esters is 1. The third-order valence-corrected chi connectivity index (χ3v) is 5.25. The van der Waals surface area contributed by atoms with Crippen molar-refractivity contribution in [3.05, 3.63) is 58.4 Å². The summed E-state index contributed by atoms with van der Waals surface area (Å²) in [6.45, 7) is 5.83. The van der Waals surface area contributed by atoms with E-state index in [-0.39, 0.29) is 5.97 Å². The lowest BCUT2D eigenvalue weighted by Gasteiger charge is -2.12. The summed E-state index contributed by atoms with van der Waals surface area (Å²) in [4.78, 5) is 12.1. The molecule has 0 amide bonds. The van der Waals surface area contributed by atoms with Crippen molar-refractivity contribution in [2.75, 3.05) is 6.61 Å². The zero-order valence-electron chi connectivity index (χ0n) is 10.1. The van der Waals surface area contributed by atoms with Gasteiger partial charge in [-0.05, 0) is 23.5 Å². The van der Waals surface area contributed by atoms with Crippen molar-refractivity contribution in [1.29, 1.82) is 0 Å². The third kappa shape index (κ3) is 3.21. The number of carbonyl (C=O) groups excluding carboxylic acids is 1. The standard InChI is InChI=1S/C14H14O2S2/c1-3-13(15)16-8-11-9-17-14(18-11)12-7-5-4-6-10(12)2/h3-7,9,14H,1,8H2,2H3. The number of aryl methyl sites for hydroxylation is 1. The minimum absolute atomic E-state index is 0.338. The maximum absolute atomic E-state index is 11.0. The number of benzene rings is 1. The molecule has 18 heavy (non-hydrogen) atoms. The first kappa shape index (κ1) is 13.3. The first-order valence-electron chi connectivity index (χ1n) is 5.56. The summed E-state index contributed by atoms with van der Waals surface area (Å²) in [7, 11) is 0. The number of hydrogen-bond donors (Lipinski definition) is 0. The first-order chi connectivity index (χ1) is 8.70. The first-order valence-corrected chi connectivity index (χ1v) is 7.39. The highest BCUT2D eigenvalue weighted by Gasteiger charge is 2.22. The summed E-state index contributed by atoms with van der Waals surface area (Å²) in [5, 5.41) is 2.07. The Balaban J connectivity index is 1.93. The molecule has 0 bridgehead atoms. The highest BCUT2D eigenvalue weighted by Crippen LogP contribution is 2.51. The average molecular weight is 278 g/mol. The fourth-order valence-corrected chi connectivity index (χ4v) is 4.28. The van der Waals surface area contributed by atoms with E-state index in [1.54, 1.807) is 23.5 Å². The van der Waals surface area contributed by atoms with E-state index in [1.165, 1.54) is 17.2 Å². The molecule has 2 rings (SSSR count). The molecule has 2 nitrogen and oxygen atoms in total. The molecule has 1 unspecified atom stereocenters. The van der Waals surface area contributed by atoms with Crippen LogP contribution in [-0.2, 0) is 9.53 Å². The summed E-state index contributed by atoms with van der Waals surface area (Å²) < 4.78 is 5.39. The number of rotatable bonds is 4. The van der Waals surface area contributed by atoms with Gasteiger partial charge in [0.1, 0.15) is 6.61 Å². The lowest BCUT2D eigenvalue weighted by Crippen LogP contribution is -2.02. The number of ether oxygens (including phenoxy) is 1. The largest absolute Gasteiger partial charge is 0.457 e. The molecule has 0 aromatic heterocycles. The second-order valence-corrected chi connectivity index (χ2v) is 6.35. The molecule has 0 N–H and O–H groups in total. The Bertz CT molecular complexity index is 494. The van der Waals surface area contributed by atoms with E-state index in [9.17, 15) is 4.79 Å². The van der Waals surface area contributed by atoms with Crippen LogP contribution in [0.5, 0.6) is 0 Å². The Labute approximate surface area is 115 Å². The molecule has 0 radical (unpaired) electrons. The monoisotopic (exact) mass is 278 g/mol. The number of carbonyl (C=O) groups is 1. The van der Waals surface area contributed by atoms with Gasteiger partial charge in [0.15, 0.2) is 0 Å². The van der Waals surface area contributed by atoms with Crippen LogP contribution in [0.25, 0.3) is 0 Å². The molecule has 0 fully saturated rings. The van der Waals surface area contributed by atoms with Gasteiger partial charge in [-0.3, -0.25) is 0 Å². The second kappa shape index (κ2) is 6.16. The molecular formula is C14H14O2S2. The van der Waals surface area contributed by atoms with Crippen LogP contribution in [0.4, 0.5) is 0 Å². The molecule has 1 aromatic carbocycles. The van der Waals surface area contributed by atoms with Crippen LogP contribution in [0.1, 0.15) is 15.7 Å². The Kier molecular flexibility index (Phi) is 4.55. The maximum Gasteiger partial charge on any atom is 0.330 e. The second-order valence-electron chi connectivity index (χ2n) is 3.84. The van der Waals surface area contributed by atoms with E-state index < -0.39 is 0 Å². The van der Waals surface area contributed by atoms with Crippen molar-refractivity contribution < 1.29 is 9.53 Å². The minimum atomic E-state index is -0.374. The summed E-state index contributed by atoms with van der Waals surface area (Å²) in [5.41, 5.74) is 2.62. The third-order valence-electron chi connectivity index (χ3n) is 2.55. The normalized spacial score (nSPS) is 18.3. The van der Waals surface area contributed by atoms with Crippen molar-refractivity contribution in [1.82, 2.24) is 0 Å². The molecule has 0 saturated carbocycles. The van der Waals surface area contributed by atoms with Crippen LogP contribution in [0.2, 0.25) is 0 Å². The molecule has 1 heterocycles. The van der Waals surface area contributed by atoms with Gasteiger partial charge in [-0.15, -0.1) is 23.5 Å². The van der Waals surface area contributed by atoms with Gasteiger partial charge in [-0.1, -0.05) is 30.8 Å². The van der Waals surface area contributed by atoms with Gasteiger partial charge in [0, 0.05) is 11.0 Å². The summed E-state index contributed by atoms with van der Waals surface area (Å²) in [6.07, 6.45) is 1.19. The van der Waals surface area contributed by atoms with Crippen LogP contribution in [0.15, 0.2) is 47.2 Å². The van der Waals surface area contributed by atoms with Crippen molar-refractivity contribution in [3.63, 3.8) is 0 Å². The smallest absolute Gasteiger partial charge is 0.330 e. The highest BCUT2D eigenvalue weighted by atomic mass is 32.2. The zero-order chi connectivity index (χ0) is 13.0. The number of hydrogen-bond acceptors (Lipinski definition) is 4. The lowest BCUT2D eigenvalue weighted by molar-refractivity contribution is -0.136.